The smallest absolute Gasteiger partial charge is 0.0346 e. The van der Waals surface area contributed by atoms with Crippen molar-refractivity contribution in [1.29, 1.82) is 0 Å². The summed E-state index contributed by atoms with van der Waals surface area (Å²) in [6, 6.07) is 4.33. The Bertz CT molecular complexity index is 489. The molecule has 1 nitrogen and oxygen atoms in total. The highest BCUT2D eigenvalue weighted by Crippen LogP contribution is 2.60. The Balaban J connectivity index is 1.79. The fourth-order valence-electron chi connectivity index (χ4n) is 5.79. The Morgan fingerprint density at radius 1 is 0.895 bits per heavy atom. The van der Waals surface area contributed by atoms with E-state index in [2.05, 4.69) is 26.0 Å². The molecule has 0 unspecified atom stereocenters. The van der Waals surface area contributed by atoms with Gasteiger partial charge in [0.05, 0.1) is 0 Å². The van der Waals surface area contributed by atoms with Crippen LogP contribution in [-0.2, 0) is 0 Å². The van der Waals surface area contributed by atoms with Gasteiger partial charge in [0, 0.05) is 5.69 Å². The van der Waals surface area contributed by atoms with Gasteiger partial charge in [-0.25, -0.2) is 0 Å². The van der Waals surface area contributed by atoms with Gasteiger partial charge in [-0.2, -0.15) is 0 Å². The Morgan fingerprint density at radius 2 is 1.47 bits per heavy atom. The average molecular weight is 255 g/mol. The molecule has 0 atom stereocenters. The van der Waals surface area contributed by atoms with Crippen LogP contribution in [0.4, 0.5) is 5.69 Å². The Hall–Kier alpha value is -0.980. The van der Waals surface area contributed by atoms with Gasteiger partial charge in [-0.05, 0) is 98.3 Å². The van der Waals surface area contributed by atoms with Crippen molar-refractivity contribution in [3.63, 3.8) is 0 Å². The fourth-order valence-corrected chi connectivity index (χ4v) is 5.79. The van der Waals surface area contributed by atoms with Crippen LogP contribution in [0.25, 0.3) is 0 Å². The minimum absolute atomic E-state index is 0.816. The molecule has 19 heavy (non-hydrogen) atoms. The Morgan fingerprint density at radius 3 is 2.05 bits per heavy atom. The number of nitrogen functional groups attached to an aromatic ring is 1. The monoisotopic (exact) mass is 255 g/mol. The minimum Gasteiger partial charge on any atom is -0.399 e. The molecule has 1 heteroatoms. The van der Waals surface area contributed by atoms with Crippen molar-refractivity contribution in [1.82, 2.24) is 0 Å². The molecule has 4 saturated carbocycles. The third kappa shape index (κ3) is 1.67. The van der Waals surface area contributed by atoms with Gasteiger partial charge in [-0.1, -0.05) is 6.07 Å². The lowest BCUT2D eigenvalue weighted by molar-refractivity contribution is -0.00315. The standard InChI is InChI=1S/C18H25N/c1-10-3-4-16(19)11(2)17(10)18-14-6-12-5-13(8-14)9-15(18)7-12/h3-4,12-15,18H,5-9,19H2,1-2H3. The molecule has 0 amide bonds. The van der Waals surface area contributed by atoms with E-state index >= 15 is 0 Å². The topological polar surface area (TPSA) is 26.0 Å². The predicted octanol–water partition coefficient (Wildman–Crippen LogP) is 4.43. The number of benzene rings is 1. The van der Waals surface area contributed by atoms with Gasteiger partial charge in [0.15, 0.2) is 0 Å². The van der Waals surface area contributed by atoms with Gasteiger partial charge < -0.3 is 5.73 Å². The molecule has 102 valence electrons. The van der Waals surface area contributed by atoms with Crippen molar-refractivity contribution in [2.24, 2.45) is 23.7 Å². The first kappa shape index (κ1) is 11.8. The molecule has 0 spiro atoms. The van der Waals surface area contributed by atoms with Crippen LogP contribution in [0.2, 0.25) is 0 Å². The molecule has 4 aliphatic carbocycles. The SMILES string of the molecule is Cc1ccc(N)c(C)c1C1C2CC3CC(C2)CC1C3. The fraction of sp³-hybridized carbons (Fsp3) is 0.667. The highest BCUT2D eigenvalue weighted by Gasteiger charge is 2.49. The molecule has 0 aliphatic heterocycles. The molecular weight excluding hydrogens is 230 g/mol. The van der Waals surface area contributed by atoms with Gasteiger partial charge in [0.25, 0.3) is 0 Å². The number of nitrogens with two attached hydrogens (primary N) is 1. The predicted molar refractivity (Wildman–Crippen MR) is 80.1 cm³/mol. The summed E-state index contributed by atoms with van der Waals surface area (Å²) < 4.78 is 0. The van der Waals surface area contributed by atoms with Crippen molar-refractivity contribution in [3.05, 3.63) is 28.8 Å². The summed E-state index contributed by atoms with van der Waals surface area (Å²) in [4.78, 5) is 0. The van der Waals surface area contributed by atoms with Crippen LogP contribution in [0.1, 0.15) is 54.7 Å². The van der Waals surface area contributed by atoms with Gasteiger partial charge in [-0.3, -0.25) is 0 Å². The quantitative estimate of drug-likeness (QED) is 0.738. The zero-order chi connectivity index (χ0) is 13.1. The largest absolute Gasteiger partial charge is 0.399 e. The number of anilines is 1. The van der Waals surface area contributed by atoms with E-state index < -0.39 is 0 Å². The van der Waals surface area contributed by atoms with E-state index in [0.29, 0.717) is 0 Å². The van der Waals surface area contributed by atoms with Crippen molar-refractivity contribution >= 4 is 5.69 Å². The van der Waals surface area contributed by atoms with Gasteiger partial charge in [0.2, 0.25) is 0 Å². The Kier molecular flexibility index (Phi) is 2.49. The van der Waals surface area contributed by atoms with Gasteiger partial charge in [0.1, 0.15) is 0 Å². The van der Waals surface area contributed by atoms with Gasteiger partial charge in [-0.15, -0.1) is 0 Å². The molecule has 4 fully saturated rings. The zero-order valence-corrected chi connectivity index (χ0v) is 12.2. The third-order valence-electron chi connectivity index (χ3n) is 6.33. The number of hydrogen-bond donors (Lipinski definition) is 1. The summed E-state index contributed by atoms with van der Waals surface area (Å²) in [6.07, 6.45) is 7.50. The Labute approximate surface area is 116 Å². The molecule has 4 aliphatic rings. The van der Waals surface area contributed by atoms with Crippen LogP contribution >= 0.6 is 0 Å². The number of aryl methyl sites for hydroxylation is 1. The average Bonchev–Trinajstić information content (AvgIpc) is 2.36. The lowest BCUT2D eigenvalue weighted by Crippen LogP contribution is -2.44. The normalized spacial score (nSPS) is 39.8. The lowest BCUT2D eigenvalue weighted by atomic mass is 9.50. The summed E-state index contributed by atoms with van der Waals surface area (Å²) in [5.74, 6) is 4.84. The maximum absolute atomic E-state index is 6.18. The van der Waals surface area contributed by atoms with Crippen molar-refractivity contribution in [3.8, 4) is 0 Å². The molecular formula is C18H25N. The maximum atomic E-state index is 6.18. The molecule has 5 rings (SSSR count). The van der Waals surface area contributed by atoms with Crippen LogP contribution in [0.3, 0.4) is 0 Å². The first-order valence-electron chi connectivity index (χ1n) is 7.99. The molecule has 1 aromatic carbocycles. The van der Waals surface area contributed by atoms with Crippen LogP contribution in [0, 0.1) is 37.5 Å². The number of rotatable bonds is 1. The second kappa shape index (κ2) is 4.01. The lowest BCUT2D eigenvalue weighted by Gasteiger charge is -2.55. The third-order valence-corrected chi connectivity index (χ3v) is 6.33. The summed E-state index contributed by atoms with van der Waals surface area (Å²) in [5.41, 5.74) is 11.6. The van der Waals surface area contributed by atoms with E-state index in [1.165, 1.54) is 43.2 Å². The molecule has 0 saturated heterocycles. The minimum atomic E-state index is 0.816. The van der Waals surface area contributed by atoms with Crippen LogP contribution < -0.4 is 5.73 Å². The second-order valence-electron chi connectivity index (χ2n) is 7.47. The van der Waals surface area contributed by atoms with Crippen LogP contribution in [-0.4, -0.2) is 0 Å². The van der Waals surface area contributed by atoms with E-state index in [1.807, 2.05) is 0 Å². The van der Waals surface area contributed by atoms with E-state index in [9.17, 15) is 0 Å². The highest BCUT2D eigenvalue weighted by atomic mass is 14.6. The molecule has 4 bridgehead atoms. The molecule has 0 heterocycles. The molecule has 0 radical (unpaired) electrons. The first-order valence-corrected chi connectivity index (χ1v) is 7.99. The van der Waals surface area contributed by atoms with Crippen molar-refractivity contribution in [2.75, 3.05) is 5.73 Å². The molecule has 2 N–H and O–H groups in total. The zero-order valence-electron chi connectivity index (χ0n) is 12.2. The van der Waals surface area contributed by atoms with E-state index in [0.717, 1.165) is 35.3 Å². The first-order chi connectivity index (χ1) is 9.13. The summed E-state index contributed by atoms with van der Waals surface area (Å²) in [6.45, 7) is 4.52. The van der Waals surface area contributed by atoms with Crippen molar-refractivity contribution in [2.45, 2.75) is 51.9 Å². The second-order valence-corrected chi connectivity index (χ2v) is 7.47. The van der Waals surface area contributed by atoms with Gasteiger partial charge >= 0.3 is 0 Å². The van der Waals surface area contributed by atoms with Crippen LogP contribution in [0.15, 0.2) is 12.1 Å². The number of hydrogen-bond acceptors (Lipinski definition) is 1. The summed E-state index contributed by atoms with van der Waals surface area (Å²) >= 11 is 0. The highest BCUT2D eigenvalue weighted by molar-refractivity contribution is 5.54. The summed E-state index contributed by atoms with van der Waals surface area (Å²) in [7, 11) is 0. The molecule has 1 aromatic rings. The van der Waals surface area contributed by atoms with Crippen LogP contribution in [0.5, 0.6) is 0 Å². The van der Waals surface area contributed by atoms with Crippen molar-refractivity contribution < 1.29 is 0 Å². The van der Waals surface area contributed by atoms with E-state index in [4.69, 9.17) is 5.73 Å². The maximum Gasteiger partial charge on any atom is 0.0346 e. The van der Waals surface area contributed by atoms with E-state index in [-0.39, 0.29) is 0 Å². The van der Waals surface area contributed by atoms with E-state index in [1.54, 1.807) is 5.56 Å². The molecule has 0 aromatic heterocycles. The summed E-state index contributed by atoms with van der Waals surface area (Å²) in [5, 5.41) is 0.